The minimum atomic E-state index is -4.41. The molecule has 4 nitrogen and oxygen atoms in total. The summed E-state index contributed by atoms with van der Waals surface area (Å²) in [5.41, 5.74) is -0.229. The second kappa shape index (κ2) is 8.84. The molecule has 0 atom stereocenters. The lowest BCUT2D eigenvalue weighted by atomic mass is 10.0. The Labute approximate surface area is 153 Å². The Morgan fingerprint density at radius 1 is 0.963 bits per heavy atom. The minimum Gasteiger partial charge on any atom is -0.496 e. The first-order chi connectivity index (χ1) is 12.9. The van der Waals surface area contributed by atoms with Crippen LogP contribution in [0, 0.1) is 0 Å². The van der Waals surface area contributed by atoms with Crippen molar-refractivity contribution in [2.24, 2.45) is 0 Å². The van der Waals surface area contributed by atoms with Gasteiger partial charge in [-0.25, -0.2) is 0 Å². The summed E-state index contributed by atoms with van der Waals surface area (Å²) in [6.07, 6.45) is -4.04. The van der Waals surface area contributed by atoms with E-state index in [4.69, 9.17) is 4.74 Å². The molecule has 3 aromatic rings. The molecular weight excluding hydrogens is 359 g/mol. The van der Waals surface area contributed by atoms with Crippen molar-refractivity contribution >= 4 is 23.1 Å². The number of carbonyl (C=O) groups excluding carboxylic acids is 2. The third-order valence-corrected chi connectivity index (χ3v) is 3.62. The van der Waals surface area contributed by atoms with Crippen LogP contribution in [-0.4, -0.2) is 19.4 Å². The van der Waals surface area contributed by atoms with Gasteiger partial charge in [0.05, 0.1) is 7.11 Å². The predicted molar refractivity (Wildman–Crippen MR) is 95.5 cm³/mol. The first kappa shape index (κ1) is 20.0. The number of hydrogen-bond donors (Lipinski definition) is 1. The van der Waals surface area contributed by atoms with Gasteiger partial charge in [0.2, 0.25) is 6.41 Å². The van der Waals surface area contributed by atoms with Crippen molar-refractivity contribution in [3.8, 4) is 5.75 Å². The van der Waals surface area contributed by atoms with Gasteiger partial charge in [-0.05, 0) is 29.0 Å². The van der Waals surface area contributed by atoms with Gasteiger partial charge >= 0.3 is 6.18 Å². The average Bonchev–Trinajstić information content (AvgIpc) is 2.67. The van der Waals surface area contributed by atoms with Crippen LogP contribution in [-0.2, 0) is 11.0 Å². The second-order valence-electron chi connectivity index (χ2n) is 5.32. The molecule has 0 saturated heterocycles. The summed E-state index contributed by atoms with van der Waals surface area (Å²) in [4.78, 5) is 20.8. The second-order valence-corrected chi connectivity index (χ2v) is 5.32. The Hall–Kier alpha value is -3.35. The van der Waals surface area contributed by atoms with E-state index in [1.807, 2.05) is 5.32 Å². The van der Waals surface area contributed by atoms with E-state index in [0.717, 1.165) is 0 Å². The van der Waals surface area contributed by atoms with Crippen LogP contribution in [0.15, 0.2) is 66.7 Å². The average molecular weight is 375 g/mol. The van der Waals surface area contributed by atoms with Crippen LogP contribution in [0.25, 0.3) is 10.8 Å². The monoisotopic (exact) mass is 375 g/mol. The van der Waals surface area contributed by atoms with E-state index in [-0.39, 0.29) is 17.0 Å². The fraction of sp³-hybridized carbons (Fsp3) is 0.100. The highest BCUT2D eigenvalue weighted by Gasteiger charge is 2.36. The zero-order valence-electron chi connectivity index (χ0n) is 14.3. The lowest BCUT2D eigenvalue weighted by Gasteiger charge is -2.14. The van der Waals surface area contributed by atoms with Crippen molar-refractivity contribution in [3.63, 3.8) is 0 Å². The van der Waals surface area contributed by atoms with Gasteiger partial charge in [0, 0.05) is 5.56 Å². The largest absolute Gasteiger partial charge is 0.496 e. The molecule has 7 heteroatoms. The topological polar surface area (TPSA) is 55.4 Å². The van der Waals surface area contributed by atoms with Crippen LogP contribution >= 0.6 is 0 Å². The van der Waals surface area contributed by atoms with Gasteiger partial charge in [-0.1, -0.05) is 48.5 Å². The fourth-order valence-corrected chi connectivity index (χ4v) is 2.44. The molecule has 0 aliphatic heterocycles. The number of alkyl halides is 3. The minimum absolute atomic E-state index is 0.147. The van der Waals surface area contributed by atoms with E-state index in [9.17, 15) is 22.8 Å². The summed E-state index contributed by atoms with van der Waals surface area (Å²) in [5.74, 6) is -0.521. The van der Waals surface area contributed by atoms with Gasteiger partial charge in [-0.3, -0.25) is 14.9 Å². The highest BCUT2D eigenvalue weighted by molar-refractivity contribution is 5.99. The maximum absolute atomic E-state index is 12.9. The van der Waals surface area contributed by atoms with E-state index in [1.165, 1.54) is 19.2 Å². The quantitative estimate of drug-likeness (QED) is 0.689. The summed E-state index contributed by atoms with van der Waals surface area (Å²) >= 11 is 0. The number of ether oxygens (including phenoxy) is 1. The Bertz CT molecular complexity index is 925. The first-order valence-corrected chi connectivity index (χ1v) is 7.81. The highest BCUT2D eigenvalue weighted by atomic mass is 19.4. The SMILES string of the molecule is COc1ccc2ccccc2c1C(F)(F)F.O=CNC(=O)c1ccccc1. The molecule has 0 heterocycles. The summed E-state index contributed by atoms with van der Waals surface area (Å²) < 4.78 is 43.4. The van der Waals surface area contributed by atoms with Crippen LogP contribution in [0.3, 0.4) is 0 Å². The van der Waals surface area contributed by atoms with Crippen LogP contribution < -0.4 is 10.1 Å². The van der Waals surface area contributed by atoms with Crippen molar-refractivity contribution in [3.05, 3.63) is 77.9 Å². The van der Waals surface area contributed by atoms with Gasteiger partial charge in [-0.15, -0.1) is 0 Å². The van der Waals surface area contributed by atoms with Crippen molar-refractivity contribution in [2.45, 2.75) is 6.18 Å². The van der Waals surface area contributed by atoms with Crippen molar-refractivity contribution in [1.82, 2.24) is 5.32 Å². The Morgan fingerprint density at radius 3 is 2.19 bits per heavy atom. The Kier molecular flexibility index (Phi) is 6.54. The number of halogens is 3. The van der Waals surface area contributed by atoms with Gasteiger partial charge < -0.3 is 4.74 Å². The number of methoxy groups -OCH3 is 1. The highest BCUT2D eigenvalue weighted by Crippen LogP contribution is 2.40. The zero-order valence-corrected chi connectivity index (χ0v) is 14.3. The number of amides is 2. The van der Waals surface area contributed by atoms with E-state index < -0.39 is 11.7 Å². The Morgan fingerprint density at radius 2 is 1.59 bits per heavy atom. The molecule has 2 amide bonds. The zero-order chi connectivity index (χ0) is 19.9. The molecule has 0 aliphatic rings. The van der Waals surface area contributed by atoms with Crippen LogP contribution in [0.2, 0.25) is 0 Å². The summed E-state index contributed by atoms with van der Waals surface area (Å²) in [6.45, 7) is 0. The predicted octanol–water partition coefficient (Wildman–Crippen LogP) is 4.44. The molecular formula is C20H16F3NO3. The number of hydrogen-bond acceptors (Lipinski definition) is 3. The molecule has 0 saturated carbocycles. The Balaban J connectivity index is 0.000000208. The molecule has 0 bridgehead atoms. The molecule has 0 unspecified atom stereocenters. The molecule has 0 fully saturated rings. The summed E-state index contributed by atoms with van der Waals surface area (Å²) in [7, 11) is 1.24. The summed E-state index contributed by atoms with van der Waals surface area (Å²) in [5, 5.41) is 2.76. The lowest BCUT2D eigenvalue weighted by molar-refractivity contribution is -0.137. The molecule has 3 aromatic carbocycles. The third kappa shape index (κ3) is 5.07. The smallest absolute Gasteiger partial charge is 0.420 e. The van der Waals surface area contributed by atoms with E-state index in [2.05, 4.69) is 0 Å². The molecule has 0 radical (unpaired) electrons. The number of benzene rings is 3. The number of rotatable bonds is 3. The number of nitrogens with one attached hydrogen (secondary N) is 1. The van der Waals surface area contributed by atoms with E-state index in [1.54, 1.807) is 54.6 Å². The molecule has 27 heavy (non-hydrogen) atoms. The number of imide groups is 1. The van der Waals surface area contributed by atoms with Crippen molar-refractivity contribution < 1.29 is 27.5 Å². The molecule has 3 rings (SSSR count). The summed E-state index contributed by atoms with van der Waals surface area (Å²) in [6, 6.07) is 17.9. The maximum atomic E-state index is 12.9. The van der Waals surface area contributed by atoms with Crippen molar-refractivity contribution in [2.75, 3.05) is 7.11 Å². The van der Waals surface area contributed by atoms with Gasteiger partial charge in [-0.2, -0.15) is 13.2 Å². The maximum Gasteiger partial charge on any atom is 0.420 e. The van der Waals surface area contributed by atoms with E-state index in [0.29, 0.717) is 17.4 Å². The van der Waals surface area contributed by atoms with Gasteiger partial charge in [0.1, 0.15) is 11.3 Å². The molecule has 0 aliphatic carbocycles. The van der Waals surface area contributed by atoms with Crippen LogP contribution in [0.4, 0.5) is 13.2 Å². The normalized spacial score (nSPS) is 10.5. The fourth-order valence-electron chi connectivity index (χ4n) is 2.44. The molecule has 0 aromatic heterocycles. The van der Waals surface area contributed by atoms with Crippen LogP contribution in [0.1, 0.15) is 15.9 Å². The van der Waals surface area contributed by atoms with Gasteiger partial charge in [0.15, 0.2) is 0 Å². The van der Waals surface area contributed by atoms with Crippen LogP contribution in [0.5, 0.6) is 5.75 Å². The van der Waals surface area contributed by atoms with E-state index >= 15 is 0 Å². The molecule has 140 valence electrons. The number of fused-ring (bicyclic) bond motifs is 1. The number of carbonyl (C=O) groups is 2. The lowest BCUT2D eigenvalue weighted by Crippen LogP contribution is -2.20. The standard InChI is InChI=1S/C12H9F3O.C8H7NO2/c1-16-10-7-6-8-4-2-3-5-9(8)11(10)12(13,14)15;10-6-9-8(11)7-4-2-1-3-5-7/h2-7H,1H3;1-6H,(H,9,10,11). The van der Waals surface area contributed by atoms with Crippen molar-refractivity contribution in [1.29, 1.82) is 0 Å². The van der Waals surface area contributed by atoms with Gasteiger partial charge in [0.25, 0.3) is 5.91 Å². The molecule has 1 N–H and O–H groups in total. The first-order valence-electron chi connectivity index (χ1n) is 7.81. The molecule has 0 spiro atoms. The third-order valence-electron chi connectivity index (χ3n) is 3.62.